The first kappa shape index (κ1) is 15.4. The van der Waals surface area contributed by atoms with E-state index in [4.69, 9.17) is 16.1 Å². The number of para-hydroxylation sites is 1. The highest BCUT2D eigenvalue weighted by Gasteiger charge is 2.28. The van der Waals surface area contributed by atoms with Crippen molar-refractivity contribution in [1.29, 1.82) is 0 Å². The molecule has 1 aromatic carbocycles. The summed E-state index contributed by atoms with van der Waals surface area (Å²) in [5, 5.41) is 10.9. The minimum absolute atomic E-state index is 0.430. The van der Waals surface area contributed by atoms with Gasteiger partial charge in [0.25, 0.3) is 0 Å². The van der Waals surface area contributed by atoms with E-state index in [9.17, 15) is 0 Å². The highest BCUT2D eigenvalue weighted by atomic mass is 79.9. The number of rotatable bonds is 5. The lowest BCUT2D eigenvalue weighted by atomic mass is 10.3. The molecule has 2 heterocycles. The molecule has 2 aromatic heterocycles. The predicted molar refractivity (Wildman–Crippen MR) is 96.2 cm³/mol. The molecule has 1 aliphatic carbocycles. The zero-order valence-corrected chi connectivity index (χ0v) is 14.8. The van der Waals surface area contributed by atoms with Crippen molar-refractivity contribution in [3.63, 3.8) is 0 Å². The fourth-order valence-corrected chi connectivity index (χ4v) is 2.70. The van der Waals surface area contributed by atoms with Crippen LogP contribution in [-0.2, 0) is 0 Å². The second-order valence-electron chi connectivity index (χ2n) is 5.51. The lowest BCUT2D eigenvalue weighted by Gasteiger charge is -2.09. The van der Waals surface area contributed by atoms with Crippen LogP contribution in [-0.4, -0.2) is 15.1 Å². The first-order valence-corrected chi connectivity index (χ1v) is 8.64. The second-order valence-corrected chi connectivity index (χ2v) is 6.77. The van der Waals surface area contributed by atoms with Gasteiger partial charge in [-0.15, -0.1) is 0 Å². The SMILES string of the molecule is Clc1ccccc1Nc1ncc(Br)c(Nc2cc(C3CC3)on2)n1. The van der Waals surface area contributed by atoms with Crippen molar-refractivity contribution in [3.8, 4) is 0 Å². The van der Waals surface area contributed by atoms with Crippen molar-refractivity contribution in [3.05, 3.63) is 51.8 Å². The number of hydrogen-bond donors (Lipinski definition) is 2. The van der Waals surface area contributed by atoms with E-state index in [0.29, 0.717) is 28.5 Å². The maximum atomic E-state index is 6.15. The third kappa shape index (κ3) is 3.37. The van der Waals surface area contributed by atoms with Gasteiger partial charge in [0, 0.05) is 18.2 Å². The molecule has 0 spiro atoms. The van der Waals surface area contributed by atoms with Crippen molar-refractivity contribution in [2.45, 2.75) is 18.8 Å². The van der Waals surface area contributed by atoms with Gasteiger partial charge >= 0.3 is 0 Å². The number of halogens is 2. The molecule has 6 nitrogen and oxygen atoms in total. The molecule has 8 heteroatoms. The fraction of sp³-hybridized carbons (Fsp3) is 0.188. The summed E-state index contributed by atoms with van der Waals surface area (Å²) in [4.78, 5) is 8.70. The summed E-state index contributed by atoms with van der Waals surface area (Å²) in [6, 6.07) is 9.33. The van der Waals surface area contributed by atoms with Crippen LogP contribution in [0.3, 0.4) is 0 Å². The molecular formula is C16H13BrClN5O. The first-order chi connectivity index (χ1) is 11.7. The van der Waals surface area contributed by atoms with Crippen LogP contribution in [0.2, 0.25) is 5.02 Å². The third-order valence-corrected chi connectivity index (χ3v) is 4.53. The standard InChI is InChI=1S/C16H13BrClN5O/c17-10-8-19-16(20-12-4-2-1-3-11(12)18)22-15(10)21-14-7-13(24-23-14)9-5-6-9/h1-4,7-9H,5-6H2,(H2,19,20,21,22,23). The molecule has 0 aliphatic heterocycles. The molecule has 1 fully saturated rings. The second kappa shape index (κ2) is 6.41. The number of benzene rings is 1. The maximum absolute atomic E-state index is 6.15. The van der Waals surface area contributed by atoms with E-state index in [0.717, 1.165) is 28.8 Å². The summed E-state index contributed by atoms with van der Waals surface area (Å²) < 4.78 is 6.06. The predicted octanol–water partition coefficient (Wildman–Crippen LogP) is 5.25. The Morgan fingerprint density at radius 2 is 2.04 bits per heavy atom. The van der Waals surface area contributed by atoms with Crippen LogP contribution in [0.25, 0.3) is 0 Å². The van der Waals surface area contributed by atoms with Crippen LogP contribution in [0.5, 0.6) is 0 Å². The van der Waals surface area contributed by atoms with Crippen LogP contribution < -0.4 is 10.6 Å². The van der Waals surface area contributed by atoms with Gasteiger partial charge in [-0.3, -0.25) is 0 Å². The molecule has 122 valence electrons. The van der Waals surface area contributed by atoms with Crippen LogP contribution >= 0.6 is 27.5 Å². The quantitative estimate of drug-likeness (QED) is 0.603. The Hall–Kier alpha value is -2.12. The van der Waals surface area contributed by atoms with Gasteiger partial charge in [-0.1, -0.05) is 28.9 Å². The summed E-state index contributed by atoms with van der Waals surface area (Å²) in [6.45, 7) is 0. The molecule has 0 unspecified atom stereocenters. The smallest absolute Gasteiger partial charge is 0.229 e. The Labute approximate surface area is 151 Å². The van der Waals surface area contributed by atoms with E-state index in [-0.39, 0.29) is 0 Å². The Bertz CT molecular complexity index is 880. The average Bonchev–Trinajstić information content (AvgIpc) is 3.33. The number of aromatic nitrogens is 3. The maximum Gasteiger partial charge on any atom is 0.229 e. The van der Waals surface area contributed by atoms with E-state index in [2.05, 4.69) is 41.7 Å². The third-order valence-electron chi connectivity index (χ3n) is 3.62. The lowest BCUT2D eigenvalue weighted by Crippen LogP contribution is -2.02. The summed E-state index contributed by atoms with van der Waals surface area (Å²) in [5.41, 5.74) is 0.741. The zero-order chi connectivity index (χ0) is 16.5. The van der Waals surface area contributed by atoms with Crippen LogP contribution in [0.15, 0.2) is 45.5 Å². The van der Waals surface area contributed by atoms with Gasteiger partial charge in [-0.2, -0.15) is 4.98 Å². The molecule has 0 atom stereocenters. The molecule has 0 amide bonds. The topological polar surface area (TPSA) is 75.9 Å². The molecule has 1 aliphatic rings. The highest BCUT2D eigenvalue weighted by Crippen LogP contribution is 2.41. The Morgan fingerprint density at radius 3 is 2.83 bits per heavy atom. The molecule has 24 heavy (non-hydrogen) atoms. The van der Waals surface area contributed by atoms with E-state index < -0.39 is 0 Å². The minimum Gasteiger partial charge on any atom is -0.359 e. The summed E-state index contributed by atoms with van der Waals surface area (Å²) >= 11 is 9.58. The number of nitrogens with one attached hydrogen (secondary N) is 2. The average molecular weight is 407 g/mol. The van der Waals surface area contributed by atoms with Crippen LogP contribution in [0.1, 0.15) is 24.5 Å². The highest BCUT2D eigenvalue weighted by molar-refractivity contribution is 9.10. The Morgan fingerprint density at radius 1 is 1.21 bits per heavy atom. The van der Waals surface area contributed by atoms with Crippen LogP contribution in [0, 0.1) is 0 Å². The van der Waals surface area contributed by atoms with Crippen molar-refractivity contribution in [1.82, 2.24) is 15.1 Å². The normalized spacial score (nSPS) is 13.8. The van der Waals surface area contributed by atoms with Crippen molar-refractivity contribution >= 4 is 50.8 Å². The largest absolute Gasteiger partial charge is 0.359 e. The number of anilines is 4. The molecule has 3 aromatic rings. The van der Waals surface area contributed by atoms with Gasteiger partial charge < -0.3 is 15.2 Å². The monoisotopic (exact) mass is 405 g/mol. The molecule has 2 N–H and O–H groups in total. The first-order valence-electron chi connectivity index (χ1n) is 7.47. The van der Waals surface area contributed by atoms with Gasteiger partial charge in [-0.05, 0) is 40.9 Å². The Kier molecular flexibility index (Phi) is 4.12. The Balaban J connectivity index is 1.55. The van der Waals surface area contributed by atoms with E-state index >= 15 is 0 Å². The number of nitrogens with zero attached hydrogens (tertiary/aromatic N) is 3. The van der Waals surface area contributed by atoms with Gasteiger partial charge in [0.05, 0.1) is 15.2 Å². The molecule has 0 bridgehead atoms. The minimum atomic E-state index is 0.430. The molecular weight excluding hydrogens is 394 g/mol. The van der Waals surface area contributed by atoms with Crippen molar-refractivity contribution in [2.24, 2.45) is 0 Å². The van der Waals surface area contributed by atoms with Gasteiger partial charge in [0.15, 0.2) is 11.6 Å². The van der Waals surface area contributed by atoms with Crippen molar-refractivity contribution in [2.75, 3.05) is 10.6 Å². The summed E-state index contributed by atoms with van der Waals surface area (Å²) in [7, 11) is 0. The van der Waals surface area contributed by atoms with E-state index in [1.165, 1.54) is 0 Å². The molecule has 4 rings (SSSR count). The lowest BCUT2D eigenvalue weighted by molar-refractivity contribution is 0.387. The van der Waals surface area contributed by atoms with Gasteiger partial charge in [0.2, 0.25) is 5.95 Å². The molecule has 0 radical (unpaired) electrons. The zero-order valence-electron chi connectivity index (χ0n) is 12.5. The van der Waals surface area contributed by atoms with Crippen molar-refractivity contribution < 1.29 is 4.52 Å². The van der Waals surface area contributed by atoms with E-state index in [1.54, 1.807) is 12.3 Å². The van der Waals surface area contributed by atoms with Crippen LogP contribution in [0.4, 0.5) is 23.3 Å². The molecule has 0 saturated heterocycles. The fourth-order valence-electron chi connectivity index (χ4n) is 2.23. The number of hydrogen-bond acceptors (Lipinski definition) is 6. The summed E-state index contributed by atoms with van der Waals surface area (Å²) in [6.07, 6.45) is 3.99. The van der Waals surface area contributed by atoms with E-state index in [1.807, 2.05) is 24.3 Å². The molecule has 1 saturated carbocycles. The summed E-state index contributed by atoms with van der Waals surface area (Å²) in [5.74, 6) is 3.08. The van der Waals surface area contributed by atoms with Gasteiger partial charge in [-0.25, -0.2) is 4.98 Å². The van der Waals surface area contributed by atoms with Gasteiger partial charge in [0.1, 0.15) is 5.76 Å².